The van der Waals surface area contributed by atoms with E-state index in [1.54, 1.807) is 0 Å². The van der Waals surface area contributed by atoms with Crippen LogP contribution >= 0.6 is 0 Å². The van der Waals surface area contributed by atoms with E-state index in [2.05, 4.69) is 84.9 Å². The number of hydrogen-bond donors (Lipinski definition) is 0. The Morgan fingerprint density at radius 3 is 1.65 bits per heavy atom. The molecule has 118 valence electrons. The van der Waals surface area contributed by atoms with E-state index in [-0.39, 0.29) is 0 Å². The first kappa shape index (κ1) is 12.9. The summed E-state index contributed by atoms with van der Waals surface area (Å²) in [5.74, 6) is 0. The van der Waals surface area contributed by atoms with Crippen LogP contribution in [0.5, 0.6) is 0 Å². The zero-order valence-electron chi connectivity index (χ0n) is 14.1. The van der Waals surface area contributed by atoms with Crippen molar-refractivity contribution < 1.29 is 0 Å². The van der Waals surface area contributed by atoms with Gasteiger partial charge in [0.2, 0.25) is 0 Å². The summed E-state index contributed by atoms with van der Waals surface area (Å²) in [5, 5.41) is 16.4. The molecule has 0 aromatic heterocycles. The van der Waals surface area contributed by atoms with E-state index in [1.807, 2.05) is 0 Å². The van der Waals surface area contributed by atoms with Gasteiger partial charge in [0.05, 0.1) is 0 Å². The largest absolute Gasteiger partial charge is 0.0616 e. The average Bonchev–Trinajstić information content (AvgIpc) is 2.71. The minimum absolute atomic E-state index is 1.32. The van der Waals surface area contributed by atoms with Gasteiger partial charge < -0.3 is 0 Å². The Morgan fingerprint density at radius 2 is 0.846 bits per heavy atom. The number of rotatable bonds is 0. The number of benzene rings is 7. The zero-order chi connectivity index (χ0) is 16.8. The summed E-state index contributed by atoms with van der Waals surface area (Å²) in [6, 6.07) is 31.6. The molecule has 0 aliphatic rings. The van der Waals surface area contributed by atoms with Crippen molar-refractivity contribution in [2.75, 3.05) is 0 Å². The molecule has 0 radical (unpaired) electrons. The Morgan fingerprint density at radius 1 is 0.308 bits per heavy atom. The molecule has 0 aliphatic heterocycles. The van der Waals surface area contributed by atoms with Crippen LogP contribution in [-0.4, -0.2) is 0 Å². The highest BCUT2D eigenvalue weighted by molar-refractivity contribution is 6.38. The maximum Gasteiger partial charge on any atom is -0.00197 e. The summed E-state index contributed by atoms with van der Waals surface area (Å²) in [7, 11) is 0. The fourth-order valence-electron chi connectivity index (χ4n) is 5.07. The number of fused-ring (bicyclic) bond motifs is 6. The third-order valence-corrected chi connectivity index (χ3v) is 6.13. The maximum atomic E-state index is 2.40. The van der Waals surface area contributed by atoms with Crippen LogP contribution in [-0.2, 0) is 0 Å². The smallest absolute Gasteiger partial charge is 0.00197 e. The van der Waals surface area contributed by atoms with Crippen molar-refractivity contribution in [2.45, 2.75) is 0 Å². The quantitative estimate of drug-likeness (QED) is 0.200. The molecule has 0 unspecified atom stereocenters. The molecule has 0 fully saturated rings. The van der Waals surface area contributed by atoms with Crippen molar-refractivity contribution in [1.29, 1.82) is 0 Å². The molecule has 7 aromatic rings. The minimum atomic E-state index is 1.32. The van der Waals surface area contributed by atoms with E-state index in [0.29, 0.717) is 0 Å². The first-order valence-electron chi connectivity index (χ1n) is 9.13. The summed E-state index contributed by atoms with van der Waals surface area (Å²) in [6.07, 6.45) is 0. The predicted octanol–water partition coefficient (Wildman–Crippen LogP) is 7.48. The van der Waals surface area contributed by atoms with Gasteiger partial charge in [-0.2, -0.15) is 0 Å². The second-order valence-electron chi connectivity index (χ2n) is 7.36. The van der Waals surface area contributed by atoms with Gasteiger partial charge in [0.15, 0.2) is 0 Å². The average molecular weight is 326 g/mol. The van der Waals surface area contributed by atoms with E-state index in [0.717, 1.165) is 0 Å². The summed E-state index contributed by atoms with van der Waals surface area (Å²) in [6.45, 7) is 0. The number of hydrogen-bond acceptors (Lipinski definition) is 0. The highest BCUT2D eigenvalue weighted by Crippen LogP contribution is 2.44. The monoisotopic (exact) mass is 326 g/mol. The van der Waals surface area contributed by atoms with Crippen molar-refractivity contribution in [1.82, 2.24) is 0 Å². The van der Waals surface area contributed by atoms with E-state index in [9.17, 15) is 0 Å². The second-order valence-corrected chi connectivity index (χ2v) is 7.36. The molecule has 0 heterocycles. The first-order chi connectivity index (χ1) is 12.9. The Hall–Kier alpha value is -3.38. The van der Waals surface area contributed by atoms with Crippen LogP contribution in [0, 0.1) is 0 Å². The minimum Gasteiger partial charge on any atom is -0.0616 e. The van der Waals surface area contributed by atoms with Crippen molar-refractivity contribution in [3.63, 3.8) is 0 Å². The third kappa shape index (κ3) is 1.35. The molecule has 7 aromatic carbocycles. The van der Waals surface area contributed by atoms with Crippen molar-refractivity contribution in [3.8, 4) is 0 Å². The molecule has 0 aliphatic carbocycles. The summed E-state index contributed by atoms with van der Waals surface area (Å²) in [4.78, 5) is 0. The topological polar surface area (TPSA) is 0 Å². The van der Waals surface area contributed by atoms with Crippen LogP contribution in [0.4, 0.5) is 0 Å². The molecule has 0 spiro atoms. The summed E-state index contributed by atoms with van der Waals surface area (Å²) in [5.41, 5.74) is 0. The van der Waals surface area contributed by atoms with E-state index in [1.165, 1.54) is 64.6 Å². The van der Waals surface area contributed by atoms with E-state index in [4.69, 9.17) is 0 Å². The molecule has 0 N–H and O–H groups in total. The fraction of sp³-hybridized carbons (Fsp3) is 0. The summed E-state index contributed by atoms with van der Waals surface area (Å²) >= 11 is 0. The predicted molar refractivity (Wildman–Crippen MR) is 114 cm³/mol. The maximum absolute atomic E-state index is 2.40. The molecule has 0 amide bonds. The van der Waals surface area contributed by atoms with Crippen LogP contribution < -0.4 is 0 Å². The second kappa shape index (κ2) is 4.23. The van der Waals surface area contributed by atoms with Gasteiger partial charge in [0.1, 0.15) is 0 Å². The first-order valence-corrected chi connectivity index (χ1v) is 9.13. The van der Waals surface area contributed by atoms with Gasteiger partial charge in [0, 0.05) is 0 Å². The van der Waals surface area contributed by atoms with E-state index < -0.39 is 0 Å². The van der Waals surface area contributed by atoms with Gasteiger partial charge in [-0.05, 0) is 76.8 Å². The molecule has 0 atom stereocenters. The Labute approximate surface area is 149 Å². The lowest BCUT2D eigenvalue weighted by Crippen LogP contribution is -1.90. The van der Waals surface area contributed by atoms with Gasteiger partial charge >= 0.3 is 0 Å². The van der Waals surface area contributed by atoms with Crippen LogP contribution in [0.1, 0.15) is 0 Å². The normalized spacial score (nSPS) is 12.6. The molecule has 2 bridgehead atoms. The summed E-state index contributed by atoms with van der Waals surface area (Å²) < 4.78 is 0. The van der Waals surface area contributed by atoms with Crippen molar-refractivity contribution >= 4 is 64.6 Å². The molecule has 0 saturated heterocycles. The molecule has 26 heavy (non-hydrogen) atoms. The van der Waals surface area contributed by atoms with Crippen LogP contribution in [0.3, 0.4) is 0 Å². The van der Waals surface area contributed by atoms with Gasteiger partial charge in [-0.15, -0.1) is 0 Å². The van der Waals surface area contributed by atoms with Gasteiger partial charge in [0.25, 0.3) is 0 Å². The van der Waals surface area contributed by atoms with Crippen molar-refractivity contribution in [2.24, 2.45) is 0 Å². The van der Waals surface area contributed by atoms with Gasteiger partial charge in [-0.25, -0.2) is 0 Å². The SMILES string of the molecule is c1ccc2c(c1)c1cc3c2ccc2c4cccc5cccc(c(c1)c32)c54. The third-order valence-electron chi connectivity index (χ3n) is 6.13. The van der Waals surface area contributed by atoms with E-state index >= 15 is 0 Å². The lowest BCUT2D eigenvalue weighted by Gasteiger charge is -2.18. The molecular formula is C26H14. The standard InChI is InChI=1S/C26H14/c1-2-8-18-17(7-1)16-13-23-19(18)11-12-22-20-9-3-5-15-6-4-10-21(25(15)20)24(14-16)26(22)23/h1-14H. The Bertz CT molecular complexity index is 1610. The lowest BCUT2D eigenvalue weighted by atomic mass is 9.85. The highest BCUT2D eigenvalue weighted by Gasteiger charge is 2.16. The Balaban J connectivity index is 1.95. The molecule has 0 heteroatoms. The van der Waals surface area contributed by atoms with Crippen molar-refractivity contribution in [3.05, 3.63) is 84.9 Å². The highest BCUT2D eigenvalue weighted by atomic mass is 14.2. The van der Waals surface area contributed by atoms with Crippen LogP contribution in [0.15, 0.2) is 84.9 Å². The zero-order valence-corrected chi connectivity index (χ0v) is 14.1. The molecule has 0 nitrogen and oxygen atoms in total. The Kier molecular flexibility index (Phi) is 2.10. The molecule has 0 saturated carbocycles. The van der Waals surface area contributed by atoms with Gasteiger partial charge in [-0.1, -0.05) is 72.8 Å². The fourth-order valence-corrected chi connectivity index (χ4v) is 5.07. The molecular weight excluding hydrogens is 312 g/mol. The van der Waals surface area contributed by atoms with Gasteiger partial charge in [-0.3, -0.25) is 0 Å². The van der Waals surface area contributed by atoms with Crippen LogP contribution in [0.25, 0.3) is 64.6 Å². The molecule has 7 rings (SSSR count). The van der Waals surface area contributed by atoms with Crippen LogP contribution in [0.2, 0.25) is 0 Å². The lowest BCUT2D eigenvalue weighted by molar-refractivity contribution is 1.79.